The Morgan fingerprint density at radius 3 is 2.67 bits per heavy atom. The number of nitrogens with one attached hydrogen (secondary N) is 1. The Balaban J connectivity index is 2.23. The average Bonchev–Trinajstić information content (AvgIpc) is 2.82. The van der Waals surface area contributed by atoms with Gasteiger partial charge in [-0.3, -0.25) is 9.59 Å². The molecule has 0 spiro atoms. The van der Waals surface area contributed by atoms with Gasteiger partial charge in [-0.15, -0.1) is 0 Å². The van der Waals surface area contributed by atoms with Gasteiger partial charge in [0.25, 0.3) is 11.5 Å². The summed E-state index contributed by atoms with van der Waals surface area (Å²) in [4.78, 5) is 23.9. The smallest absolute Gasteiger partial charge is 0.272 e. The molecule has 0 aliphatic heterocycles. The van der Waals surface area contributed by atoms with Crippen LogP contribution in [0.1, 0.15) is 30.8 Å². The fraction of sp³-hybridized carbons (Fsp3) is 0.333. The Morgan fingerprint density at radius 1 is 1.24 bits per heavy atom. The van der Waals surface area contributed by atoms with Gasteiger partial charge in [0.15, 0.2) is 0 Å². The van der Waals surface area contributed by atoms with Gasteiger partial charge in [0.1, 0.15) is 5.69 Å². The van der Waals surface area contributed by atoms with Gasteiger partial charge in [0, 0.05) is 36.0 Å². The molecule has 2 rings (SSSR count). The van der Waals surface area contributed by atoms with Crippen molar-refractivity contribution >= 4 is 27.5 Å². The molecular formula is C15H18BrN3O2. The average molecular weight is 352 g/mol. The Hall–Kier alpha value is -1.82. The number of anilines is 1. The Morgan fingerprint density at radius 2 is 2.00 bits per heavy atom. The molecule has 6 heteroatoms. The molecule has 1 amide bonds. The second-order valence-corrected chi connectivity index (χ2v) is 5.65. The molecule has 1 N–H and O–H groups in total. The first-order valence-corrected chi connectivity index (χ1v) is 7.72. The molecule has 2 heterocycles. The molecule has 0 saturated carbocycles. The molecule has 0 unspecified atom stereocenters. The zero-order valence-corrected chi connectivity index (χ0v) is 13.7. The molecule has 0 aromatic carbocycles. The summed E-state index contributed by atoms with van der Waals surface area (Å²) in [7, 11) is 0. The Kier molecular flexibility index (Phi) is 5.01. The third-order valence-corrected chi connectivity index (χ3v) is 3.58. The minimum atomic E-state index is -0.185. The van der Waals surface area contributed by atoms with E-state index in [0.717, 1.165) is 17.4 Å². The largest absolute Gasteiger partial charge is 0.342 e. The van der Waals surface area contributed by atoms with Crippen LogP contribution >= 0.6 is 15.9 Å². The summed E-state index contributed by atoms with van der Waals surface area (Å²) in [6, 6.07) is 4.87. The standard InChI is InChI=1S/C15H18BrN3O2/c1-3-7-19-9-11(16)8-13(19)15(21)17-12-5-6-14(20)18(4-2)10-12/h5-6,8-10H,3-4,7H2,1-2H3,(H,17,21). The van der Waals surface area contributed by atoms with Crippen molar-refractivity contribution < 1.29 is 4.79 Å². The van der Waals surface area contributed by atoms with Gasteiger partial charge in [-0.05, 0) is 41.4 Å². The summed E-state index contributed by atoms with van der Waals surface area (Å²) in [5.41, 5.74) is 1.13. The summed E-state index contributed by atoms with van der Waals surface area (Å²) < 4.78 is 4.34. The third kappa shape index (κ3) is 3.64. The molecule has 0 saturated heterocycles. The maximum absolute atomic E-state index is 12.4. The van der Waals surface area contributed by atoms with E-state index in [1.54, 1.807) is 22.9 Å². The SMILES string of the molecule is CCCn1cc(Br)cc1C(=O)Nc1ccc(=O)n(CC)c1. The zero-order valence-electron chi connectivity index (χ0n) is 12.1. The van der Waals surface area contributed by atoms with Crippen molar-refractivity contribution in [1.29, 1.82) is 0 Å². The van der Waals surface area contributed by atoms with Gasteiger partial charge in [0.2, 0.25) is 0 Å². The van der Waals surface area contributed by atoms with Crippen molar-refractivity contribution in [1.82, 2.24) is 9.13 Å². The summed E-state index contributed by atoms with van der Waals surface area (Å²) in [6.07, 6.45) is 4.50. The van der Waals surface area contributed by atoms with E-state index in [2.05, 4.69) is 28.2 Å². The van der Waals surface area contributed by atoms with Crippen LogP contribution < -0.4 is 10.9 Å². The van der Waals surface area contributed by atoms with Gasteiger partial charge in [-0.25, -0.2) is 0 Å². The number of carbonyl (C=O) groups excluding carboxylic acids is 1. The van der Waals surface area contributed by atoms with Crippen molar-refractivity contribution in [3.05, 3.63) is 51.1 Å². The first-order chi connectivity index (χ1) is 10.0. The number of hydrogen-bond acceptors (Lipinski definition) is 2. The number of hydrogen-bond donors (Lipinski definition) is 1. The molecule has 0 aliphatic rings. The van der Waals surface area contributed by atoms with E-state index < -0.39 is 0 Å². The first kappa shape index (κ1) is 15.6. The maximum atomic E-state index is 12.4. The number of aromatic nitrogens is 2. The van der Waals surface area contributed by atoms with Gasteiger partial charge < -0.3 is 14.5 Å². The Bertz CT molecular complexity index is 703. The zero-order chi connectivity index (χ0) is 15.4. The van der Waals surface area contributed by atoms with Crippen LogP contribution in [0, 0.1) is 0 Å². The van der Waals surface area contributed by atoms with Crippen LogP contribution in [0.25, 0.3) is 0 Å². The second-order valence-electron chi connectivity index (χ2n) is 4.73. The molecule has 0 bridgehead atoms. The molecule has 5 nitrogen and oxygen atoms in total. The predicted octanol–water partition coefficient (Wildman–Crippen LogP) is 3.09. The van der Waals surface area contributed by atoms with Crippen molar-refractivity contribution in [2.75, 3.05) is 5.32 Å². The number of amides is 1. The summed E-state index contributed by atoms with van der Waals surface area (Å²) in [6.45, 7) is 5.30. The van der Waals surface area contributed by atoms with E-state index in [-0.39, 0.29) is 11.5 Å². The van der Waals surface area contributed by atoms with Gasteiger partial charge in [-0.1, -0.05) is 6.92 Å². The van der Waals surface area contributed by atoms with Crippen LogP contribution in [0.5, 0.6) is 0 Å². The molecule has 2 aromatic heterocycles. The van der Waals surface area contributed by atoms with Gasteiger partial charge >= 0.3 is 0 Å². The third-order valence-electron chi connectivity index (χ3n) is 3.14. The molecule has 112 valence electrons. The molecule has 0 fully saturated rings. The van der Waals surface area contributed by atoms with Gasteiger partial charge in [0.05, 0.1) is 5.69 Å². The highest BCUT2D eigenvalue weighted by Crippen LogP contribution is 2.17. The van der Waals surface area contributed by atoms with E-state index in [4.69, 9.17) is 0 Å². The lowest BCUT2D eigenvalue weighted by atomic mass is 10.3. The lowest BCUT2D eigenvalue weighted by Crippen LogP contribution is -2.21. The minimum Gasteiger partial charge on any atom is -0.342 e. The predicted molar refractivity (Wildman–Crippen MR) is 86.8 cm³/mol. The Labute approximate surface area is 131 Å². The highest BCUT2D eigenvalue weighted by atomic mass is 79.9. The fourth-order valence-corrected chi connectivity index (χ4v) is 2.60. The van der Waals surface area contributed by atoms with E-state index in [9.17, 15) is 9.59 Å². The first-order valence-electron chi connectivity index (χ1n) is 6.92. The minimum absolute atomic E-state index is 0.0763. The molecule has 0 aliphatic carbocycles. The van der Waals surface area contributed by atoms with Crippen LogP contribution in [0.3, 0.4) is 0 Å². The van der Waals surface area contributed by atoms with Crippen LogP contribution in [0.2, 0.25) is 0 Å². The summed E-state index contributed by atoms with van der Waals surface area (Å²) in [5, 5.41) is 2.83. The van der Waals surface area contributed by atoms with Crippen LogP contribution in [-0.2, 0) is 13.1 Å². The monoisotopic (exact) mass is 351 g/mol. The fourth-order valence-electron chi connectivity index (χ4n) is 2.14. The van der Waals surface area contributed by atoms with Crippen LogP contribution in [-0.4, -0.2) is 15.0 Å². The number of nitrogens with zero attached hydrogens (tertiary/aromatic N) is 2. The lowest BCUT2D eigenvalue weighted by molar-refractivity contribution is 0.101. The highest BCUT2D eigenvalue weighted by molar-refractivity contribution is 9.10. The molecule has 2 aromatic rings. The normalized spacial score (nSPS) is 10.6. The lowest BCUT2D eigenvalue weighted by Gasteiger charge is -2.10. The number of aryl methyl sites for hydroxylation is 2. The molecule has 21 heavy (non-hydrogen) atoms. The van der Waals surface area contributed by atoms with Crippen molar-refractivity contribution in [2.45, 2.75) is 33.4 Å². The molecule has 0 atom stereocenters. The quantitative estimate of drug-likeness (QED) is 0.899. The van der Waals surface area contributed by atoms with Crippen molar-refractivity contribution in [3.8, 4) is 0 Å². The molecular weight excluding hydrogens is 334 g/mol. The number of halogens is 1. The highest BCUT2D eigenvalue weighted by Gasteiger charge is 2.13. The van der Waals surface area contributed by atoms with Crippen LogP contribution in [0.15, 0.2) is 39.9 Å². The number of rotatable bonds is 5. The van der Waals surface area contributed by atoms with Crippen molar-refractivity contribution in [3.63, 3.8) is 0 Å². The van der Waals surface area contributed by atoms with E-state index >= 15 is 0 Å². The van der Waals surface area contributed by atoms with Gasteiger partial charge in [-0.2, -0.15) is 0 Å². The van der Waals surface area contributed by atoms with Crippen LogP contribution in [0.4, 0.5) is 5.69 Å². The van der Waals surface area contributed by atoms with E-state index in [1.165, 1.54) is 6.07 Å². The van der Waals surface area contributed by atoms with E-state index in [1.807, 2.05) is 17.7 Å². The number of pyridine rings is 1. The van der Waals surface area contributed by atoms with Crippen molar-refractivity contribution in [2.24, 2.45) is 0 Å². The summed E-state index contributed by atoms with van der Waals surface area (Å²) in [5.74, 6) is -0.185. The second kappa shape index (κ2) is 6.76. The number of carbonyl (C=O) groups is 1. The maximum Gasteiger partial charge on any atom is 0.272 e. The molecule has 0 radical (unpaired) electrons. The topological polar surface area (TPSA) is 56.0 Å². The van der Waals surface area contributed by atoms with E-state index in [0.29, 0.717) is 17.9 Å². The summed E-state index contributed by atoms with van der Waals surface area (Å²) >= 11 is 3.39.